The van der Waals surface area contributed by atoms with Gasteiger partial charge in [-0.3, -0.25) is 4.68 Å². The lowest BCUT2D eigenvalue weighted by atomic mass is 10.7. The summed E-state index contributed by atoms with van der Waals surface area (Å²) in [5.74, 6) is 0. The number of rotatable bonds is 0. The van der Waals surface area contributed by atoms with Gasteiger partial charge in [-0.05, 0) is 0 Å². The second kappa shape index (κ2) is 1.96. The zero-order valence-corrected chi connectivity index (χ0v) is 5.74. The highest BCUT2D eigenvalue weighted by Crippen LogP contribution is 2.18. The maximum Gasteiger partial charge on any atom is 0.145 e. The van der Waals surface area contributed by atoms with Gasteiger partial charge in [0.1, 0.15) is 5.15 Å². The Labute approximate surface area is 57.0 Å². The molecule has 1 rings (SSSR count). The highest BCUT2D eigenvalue weighted by atomic mass is 35.5. The maximum absolute atomic E-state index is 5.56. The Bertz CT molecular complexity index is 174. The number of aromatic nitrogens is 2. The van der Waals surface area contributed by atoms with Crippen LogP contribution in [0.15, 0.2) is 6.20 Å². The first kappa shape index (κ1) is 5.92. The van der Waals surface area contributed by atoms with E-state index >= 15 is 0 Å². The molecule has 8 heavy (non-hydrogen) atoms. The molecule has 0 spiro atoms. The molecule has 0 amide bonds. The van der Waals surface area contributed by atoms with Crippen LogP contribution in [0.5, 0.6) is 0 Å². The van der Waals surface area contributed by atoms with E-state index in [0.717, 1.165) is 0 Å². The molecule has 0 aliphatic carbocycles. The van der Waals surface area contributed by atoms with Gasteiger partial charge >= 0.3 is 0 Å². The third kappa shape index (κ3) is 0.812. The van der Waals surface area contributed by atoms with Gasteiger partial charge in [-0.2, -0.15) is 5.10 Å². The molecule has 1 aromatic heterocycles. The number of aryl methyl sites for hydroxylation is 1. The molecule has 4 heteroatoms. The first-order chi connectivity index (χ1) is 3.72. The Morgan fingerprint density at radius 2 is 2.25 bits per heavy atom. The lowest BCUT2D eigenvalue weighted by Gasteiger charge is -1.86. The van der Waals surface area contributed by atoms with Crippen LogP contribution >= 0.6 is 23.2 Å². The van der Waals surface area contributed by atoms with Gasteiger partial charge in [0.2, 0.25) is 0 Å². The van der Waals surface area contributed by atoms with Crippen LogP contribution in [-0.4, -0.2) is 9.78 Å². The predicted molar refractivity (Wildman–Crippen MR) is 33.2 cm³/mol. The molecule has 0 saturated carbocycles. The van der Waals surface area contributed by atoms with E-state index in [1.807, 2.05) is 0 Å². The largest absolute Gasteiger partial charge is 0.256 e. The van der Waals surface area contributed by atoms with Crippen molar-refractivity contribution < 1.29 is 0 Å². The van der Waals surface area contributed by atoms with Gasteiger partial charge in [0.15, 0.2) is 0 Å². The number of nitrogens with zero attached hydrogens (tertiary/aromatic N) is 2. The van der Waals surface area contributed by atoms with Crippen LogP contribution in [0.25, 0.3) is 0 Å². The fourth-order valence-corrected chi connectivity index (χ4v) is 0.654. The van der Waals surface area contributed by atoms with Crippen molar-refractivity contribution in [1.82, 2.24) is 9.78 Å². The van der Waals surface area contributed by atoms with Crippen LogP contribution < -0.4 is 0 Å². The Hall–Kier alpha value is -0.210. The van der Waals surface area contributed by atoms with Crippen molar-refractivity contribution in [2.75, 3.05) is 0 Å². The Kier molecular flexibility index (Phi) is 1.45. The molecule has 0 saturated heterocycles. The van der Waals surface area contributed by atoms with Crippen molar-refractivity contribution in [3.63, 3.8) is 0 Å². The van der Waals surface area contributed by atoms with E-state index < -0.39 is 0 Å². The van der Waals surface area contributed by atoms with E-state index in [1.54, 1.807) is 7.05 Å². The molecule has 0 aliphatic heterocycles. The first-order valence-electron chi connectivity index (χ1n) is 2.05. The minimum atomic E-state index is 0.478. The summed E-state index contributed by atoms with van der Waals surface area (Å²) in [5.41, 5.74) is 0. The molecule has 0 radical (unpaired) electrons. The van der Waals surface area contributed by atoms with Crippen LogP contribution in [0.4, 0.5) is 0 Å². The highest BCUT2D eigenvalue weighted by Gasteiger charge is 1.99. The van der Waals surface area contributed by atoms with Crippen molar-refractivity contribution >= 4 is 23.2 Å². The average Bonchev–Trinajstić information content (AvgIpc) is 1.98. The minimum Gasteiger partial charge on any atom is -0.256 e. The van der Waals surface area contributed by atoms with Crippen molar-refractivity contribution in [2.45, 2.75) is 0 Å². The van der Waals surface area contributed by atoms with E-state index in [0.29, 0.717) is 10.2 Å². The lowest BCUT2D eigenvalue weighted by Crippen LogP contribution is -1.87. The zero-order valence-electron chi connectivity index (χ0n) is 4.23. The number of hydrogen-bond acceptors (Lipinski definition) is 1. The first-order valence-corrected chi connectivity index (χ1v) is 2.80. The van der Waals surface area contributed by atoms with Crippen LogP contribution in [0.2, 0.25) is 10.2 Å². The molecule has 1 heterocycles. The van der Waals surface area contributed by atoms with Crippen LogP contribution in [0.1, 0.15) is 0 Å². The van der Waals surface area contributed by atoms with Crippen LogP contribution in [0, 0.1) is 0 Å². The second-order valence-electron chi connectivity index (χ2n) is 1.41. The van der Waals surface area contributed by atoms with E-state index in [-0.39, 0.29) is 0 Å². The van der Waals surface area contributed by atoms with Crippen molar-refractivity contribution in [2.24, 2.45) is 7.05 Å². The Morgan fingerprint density at radius 3 is 2.38 bits per heavy atom. The Morgan fingerprint density at radius 1 is 1.62 bits per heavy atom. The van der Waals surface area contributed by atoms with Gasteiger partial charge in [-0.1, -0.05) is 23.2 Å². The summed E-state index contributed by atoms with van der Waals surface area (Å²) in [6, 6.07) is 0. The van der Waals surface area contributed by atoms with Gasteiger partial charge < -0.3 is 0 Å². The number of halogens is 2. The molecular weight excluding hydrogens is 147 g/mol. The molecule has 2 nitrogen and oxygen atoms in total. The van der Waals surface area contributed by atoms with Gasteiger partial charge in [0, 0.05) is 7.05 Å². The summed E-state index contributed by atoms with van der Waals surface area (Å²) in [7, 11) is 1.73. The van der Waals surface area contributed by atoms with E-state index in [2.05, 4.69) is 5.10 Å². The molecule has 1 aromatic rings. The molecule has 44 valence electrons. The minimum absolute atomic E-state index is 0.478. The van der Waals surface area contributed by atoms with Crippen molar-refractivity contribution in [1.29, 1.82) is 0 Å². The van der Waals surface area contributed by atoms with E-state index in [4.69, 9.17) is 23.2 Å². The SMILES string of the molecule is Cn1ncc(Cl)c1Cl. The zero-order chi connectivity index (χ0) is 6.15. The molecule has 0 N–H and O–H groups in total. The monoisotopic (exact) mass is 150 g/mol. The molecule has 0 aromatic carbocycles. The summed E-state index contributed by atoms with van der Waals surface area (Å²) in [4.78, 5) is 0. The van der Waals surface area contributed by atoms with E-state index in [1.165, 1.54) is 10.9 Å². The third-order valence-electron chi connectivity index (χ3n) is 0.825. The maximum atomic E-state index is 5.56. The summed E-state index contributed by atoms with van der Waals surface area (Å²) in [5, 5.41) is 4.74. The molecule has 0 atom stereocenters. The van der Waals surface area contributed by atoms with Crippen molar-refractivity contribution in [3.05, 3.63) is 16.4 Å². The van der Waals surface area contributed by atoms with Crippen molar-refractivity contribution in [3.8, 4) is 0 Å². The lowest BCUT2D eigenvalue weighted by molar-refractivity contribution is 0.769. The summed E-state index contributed by atoms with van der Waals surface area (Å²) in [6.07, 6.45) is 1.50. The fourth-order valence-electron chi connectivity index (χ4n) is 0.396. The van der Waals surface area contributed by atoms with Gasteiger partial charge in [0.05, 0.1) is 11.2 Å². The molecule has 0 aliphatic rings. The fraction of sp³-hybridized carbons (Fsp3) is 0.250. The van der Waals surface area contributed by atoms with Gasteiger partial charge in [-0.25, -0.2) is 0 Å². The van der Waals surface area contributed by atoms with Crippen LogP contribution in [-0.2, 0) is 7.05 Å². The number of hydrogen-bond donors (Lipinski definition) is 0. The molecule has 0 unspecified atom stereocenters. The van der Waals surface area contributed by atoms with Gasteiger partial charge in [-0.15, -0.1) is 0 Å². The van der Waals surface area contributed by atoms with Gasteiger partial charge in [0.25, 0.3) is 0 Å². The summed E-state index contributed by atoms with van der Waals surface area (Å²) in [6.45, 7) is 0. The third-order valence-corrected chi connectivity index (χ3v) is 1.65. The standard InChI is InChI=1S/C4H4Cl2N2/c1-8-4(6)3(5)2-7-8/h2H,1H3. The molecule has 0 fully saturated rings. The Balaban J connectivity index is 3.19. The van der Waals surface area contributed by atoms with E-state index in [9.17, 15) is 0 Å². The quantitative estimate of drug-likeness (QED) is 0.551. The summed E-state index contributed by atoms with van der Waals surface area (Å²) < 4.78 is 1.50. The second-order valence-corrected chi connectivity index (χ2v) is 2.17. The normalized spacial score (nSPS) is 9.88. The molecule has 0 bridgehead atoms. The highest BCUT2D eigenvalue weighted by molar-refractivity contribution is 6.41. The molecular formula is C4H4Cl2N2. The topological polar surface area (TPSA) is 17.8 Å². The predicted octanol–water partition coefficient (Wildman–Crippen LogP) is 1.73. The smallest absolute Gasteiger partial charge is 0.145 e. The summed E-state index contributed by atoms with van der Waals surface area (Å²) >= 11 is 11.1. The van der Waals surface area contributed by atoms with Crippen LogP contribution in [0.3, 0.4) is 0 Å². The average molecular weight is 151 g/mol.